The SMILES string of the molecule is CCOC(=O)c1c(COC(C)=O)ncc(F)c1C. The second-order valence-electron chi connectivity index (χ2n) is 3.55. The van der Waals surface area contributed by atoms with Crippen molar-refractivity contribution in [2.45, 2.75) is 27.4 Å². The van der Waals surface area contributed by atoms with E-state index in [1.54, 1.807) is 6.92 Å². The number of nitrogens with zero attached hydrogens (tertiary/aromatic N) is 1. The highest BCUT2D eigenvalue weighted by atomic mass is 19.1. The van der Waals surface area contributed by atoms with Gasteiger partial charge in [-0.15, -0.1) is 0 Å². The van der Waals surface area contributed by atoms with Crippen LogP contribution < -0.4 is 0 Å². The van der Waals surface area contributed by atoms with Gasteiger partial charge in [0.25, 0.3) is 0 Å². The number of rotatable bonds is 4. The lowest BCUT2D eigenvalue weighted by Crippen LogP contribution is -2.14. The van der Waals surface area contributed by atoms with Crippen molar-refractivity contribution in [3.8, 4) is 0 Å². The molecule has 1 aromatic rings. The van der Waals surface area contributed by atoms with Crippen molar-refractivity contribution in [2.24, 2.45) is 0 Å². The summed E-state index contributed by atoms with van der Waals surface area (Å²) in [5.41, 5.74) is 0.325. The molecule has 98 valence electrons. The lowest BCUT2D eigenvalue weighted by molar-refractivity contribution is -0.142. The maximum Gasteiger partial charge on any atom is 0.340 e. The molecule has 0 radical (unpaired) electrons. The van der Waals surface area contributed by atoms with E-state index in [-0.39, 0.29) is 30.0 Å². The molecule has 0 amide bonds. The van der Waals surface area contributed by atoms with Crippen LogP contribution in [0.4, 0.5) is 4.39 Å². The van der Waals surface area contributed by atoms with Crippen molar-refractivity contribution in [1.29, 1.82) is 0 Å². The van der Waals surface area contributed by atoms with Crippen molar-refractivity contribution >= 4 is 11.9 Å². The molecule has 0 aliphatic heterocycles. The van der Waals surface area contributed by atoms with Gasteiger partial charge in [-0.1, -0.05) is 0 Å². The quantitative estimate of drug-likeness (QED) is 0.767. The Hall–Kier alpha value is -1.98. The second kappa shape index (κ2) is 6.09. The zero-order valence-corrected chi connectivity index (χ0v) is 10.4. The molecule has 0 atom stereocenters. The largest absolute Gasteiger partial charge is 0.462 e. The van der Waals surface area contributed by atoms with Gasteiger partial charge in [0.15, 0.2) is 0 Å². The van der Waals surface area contributed by atoms with E-state index in [0.29, 0.717) is 0 Å². The Balaban J connectivity index is 3.12. The molecule has 0 N–H and O–H groups in total. The summed E-state index contributed by atoms with van der Waals surface area (Å²) in [6.07, 6.45) is 0.983. The van der Waals surface area contributed by atoms with Gasteiger partial charge >= 0.3 is 11.9 Å². The van der Waals surface area contributed by atoms with Gasteiger partial charge in [-0.05, 0) is 13.8 Å². The van der Waals surface area contributed by atoms with E-state index >= 15 is 0 Å². The maximum absolute atomic E-state index is 13.4. The molecule has 0 spiro atoms. The molecule has 1 rings (SSSR count). The fraction of sp³-hybridized carbons (Fsp3) is 0.417. The number of halogens is 1. The van der Waals surface area contributed by atoms with Crippen LogP contribution in [0.2, 0.25) is 0 Å². The van der Waals surface area contributed by atoms with Gasteiger partial charge in [0.1, 0.15) is 12.4 Å². The summed E-state index contributed by atoms with van der Waals surface area (Å²) in [4.78, 5) is 26.2. The predicted molar refractivity (Wildman–Crippen MR) is 60.4 cm³/mol. The van der Waals surface area contributed by atoms with E-state index in [1.165, 1.54) is 13.8 Å². The van der Waals surface area contributed by atoms with Gasteiger partial charge in [0.2, 0.25) is 0 Å². The van der Waals surface area contributed by atoms with Gasteiger partial charge in [-0.25, -0.2) is 9.18 Å². The van der Waals surface area contributed by atoms with Crippen molar-refractivity contribution < 1.29 is 23.5 Å². The van der Waals surface area contributed by atoms with Crippen molar-refractivity contribution in [3.05, 3.63) is 28.8 Å². The minimum atomic E-state index is -0.677. The number of carbonyl (C=O) groups is 2. The second-order valence-corrected chi connectivity index (χ2v) is 3.55. The summed E-state index contributed by atoms with van der Waals surface area (Å²) in [6, 6.07) is 0. The predicted octanol–water partition coefficient (Wildman–Crippen LogP) is 1.77. The van der Waals surface area contributed by atoms with Gasteiger partial charge in [-0.2, -0.15) is 0 Å². The normalized spacial score (nSPS) is 10.0. The van der Waals surface area contributed by atoms with Crippen molar-refractivity contribution in [3.63, 3.8) is 0 Å². The lowest BCUT2D eigenvalue weighted by atomic mass is 10.1. The number of esters is 2. The van der Waals surface area contributed by atoms with Crippen LogP contribution in [0.3, 0.4) is 0 Å². The average Bonchev–Trinajstić information content (AvgIpc) is 2.30. The van der Waals surface area contributed by atoms with E-state index in [2.05, 4.69) is 4.98 Å². The molecular formula is C12H14FNO4. The van der Waals surface area contributed by atoms with Crippen LogP contribution in [0.5, 0.6) is 0 Å². The third-order valence-corrected chi connectivity index (χ3v) is 2.25. The van der Waals surface area contributed by atoms with Gasteiger partial charge in [0, 0.05) is 12.5 Å². The Bertz CT molecular complexity index is 473. The molecule has 0 saturated carbocycles. The monoisotopic (exact) mass is 255 g/mol. The van der Waals surface area contributed by atoms with Crippen LogP contribution in [0.15, 0.2) is 6.20 Å². The smallest absolute Gasteiger partial charge is 0.340 e. The number of aromatic nitrogens is 1. The number of ether oxygens (including phenoxy) is 2. The standard InChI is InChI=1S/C12H14FNO4/c1-4-17-12(16)11-7(2)9(13)5-14-10(11)6-18-8(3)15/h5H,4,6H2,1-3H3. The number of pyridine rings is 1. The minimum Gasteiger partial charge on any atom is -0.462 e. The molecule has 5 nitrogen and oxygen atoms in total. The van der Waals surface area contributed by atoms with E-state index in [4.69, 9.17) is 9.47 Å². The molecule has 0 fully saturated rings. The van der Waals surface area contributed by atoms with Gasteiger partial charge < -0.3 is 9.47 Å². The van der Waals surface area contributed by atoms with E-state index in [1.807, 2.05) is 0 Å². The Kier molecular flexibility index (Phi) is 4.76. The summed E-state index contributed by atoms with van der Waals surface area (Å²) in [7, 11) is 0. The Morgan fingerprint density at radius 3 is 2.61 bits per heavy atom. The van der Waals surface area contributed by atoms with Crippen molar-refractivity contribution in [2.75, 3.05) is 6.61 Å². The molecule has 0 unspecified atom stereocenters. The van der Waals surface area contributed by atoms with E-state index in [0.717, 1.165) is 6.20 Å². The summed E-state index contributed by atoms with van der Waals surface area (Å²) >= 11 is 0. The third kappa shape index (κ3) is 3.26. The Morgan fingerprint density at radius 2 is 2.06 bits per heavy atom. The number of hydrogen-bond donors (Lipinski definition) is 0. The van der Waals surface area contributed by atoms with Crippen LogP contribution in [0.25, 0.3) is 0 Å². The zero-order valence-electron chi connectivity index (χ0n) is 10.4. The van der Waals surface area contributed by atoms with Crippen molar-refractivity contribution in [1.82, 2.24) is 4.98 Å². The molecule has 1 aromatic heterocycles. The molecule has 0 aliphatic carbocycles. The highest BCUT2D eigenvalue weighted by molar-refractivity contribution is 5.92. The first kappa shape index (κ1) is 14.1. The maximum atomic E-state index is 13.4. The summed E-state index contributed by atoms with van der Waals surface area (Å²) in [6.45, 7) is 4.30. The topological polar surface area (TPSA) is 65.5 Å². The minimum absolute atomic E-state index is 0.0121. The van der Waals surface area contributed by atoms with Crippen LogP contribution in [-0.2, 0) is 20.9 Å². The molecule has 0 bridgehead atoms. The zero-order chi connectivity index (χ0) is 13.7. The van der Waals surface area contributed by atoms with Crippen LogP contribution in [0, 0.1) is 12.7 Å². The molecule has 1 heterocycles. The fourth-order valence-electron chi connectivity index (χ4n) is 1.39. The third-order valence-electron chi connectivity index (χ3n) is 2.25. The molecule has 6 heteroatoms. The first-order valence-corrected chi connectivity index (χ1v) is 5.41. The molecular weight excluding hydrogens is 241 g/mol. The highest BCUT2D eigenvalue weighted by Gasteiger charge is 2.20. The fourth-order valence-corrected chi connectivity index (χ4v) is 1.39. The van der Waals surface area contributed by atoms with Gasteiger partial charge in [0.05, 0.1) is 24.1 Å². The van der Waals surface area contributed by atoms with E-state index in [9.17, 15) is 14.0 Å². The molecule has 18 heavy (non-hydrogen) atoms. The first-order chi connectivity index (χ1) is 8.47. The number of hydrogen-bond acceptors (Lipinski definition) is 5. The van der Waals surface area contributed by atoms with Crippen LogP contribution in [-0.4, -0.2) is 23.5 Å². The summed E-state index contributed by atoms with van der Waals surface area (Å²) in [5.74, 6) is -1.79. The summed E-state index contributed by atoms with van der Waals surface area (Å²) in [5, 5.41) is 0. The molecule has 0 aliphatic rings. The van der Waals surface area contributed by atoms with Gasteiger partial charge in [-0.3, -0.25) is 9.78 Å². The van der Waals surface area contributed by atoms with Crippen LogP contribution in [0.1, 0.15) is 35.5 Å². The number of carbonyl (C=O) groups excluding carboxylic acids is 2. The summed E-state index contributed by atoms with van der Waals surface area (Å²) < 4.78 is 23.0. The van der Waals surface area contributed by atoms with Crippen LogP contribution >= 0.6 is 0 Å². The molecule has 0 aromatic carbocycles. The first-order valence-electron chi connectivity index (χ1n) is 5.41. The highest BCUT2D eigenvalue weighted by Crippen LogP contribution is 2.17. The Morgan fingerprint density at radius 1 is 1.39 bits per heavy atom. The Labute approximate surface area is 104 Å². The van der Waals surface area contributed by atoms with E-state index < -0.39 is 17.8 Å². The average molecular weight is 255 g/mol. The molecule has 0 saturated heterocycles. The lowest BCUT2D eigenvalue weighted by Gasteiger charge is -2.11.